The van der Waals surface area contributed by atoms with Crippen molar-refractivity contribution in [2.45, 2.75) is 42.9 Å². The molecule has 4 nitrogen and oxygen atoms in total. The van der Waals surface area contributed by atoms with E-state index in [-0.39, 0.29) is 5.91 Å². The fourth-order valence-electron chi connectivity index (χ4n) is 1.79. The molecule has 2 N–H and O–H groups in total. The first-order valence-electron chi connectivity index (χ1n) is 6.86. The quantitative estimate of drug-likeness (QED) is 0.571. The third-order valence-electron chi connectivity index (χ3n) is 2.76. The summed E-state index contributed by atoms with van der Waals surface area (Å²) in [5.74, 6) is -1.38. The van der Waals surface area contributed by atoms with Gasteiger partial charge in [-0.1, -0.05) is 32.1 Å². The third-order valence-corrected chi connectivity index (χ3v) is 3.84. The molecule has 0 saturated heterocycles. The number of hydrogen-bond acceptors (Lipinski definition) is 3. The van der Waals surface area contributed by atoms with Gasteiger partial charge in [0.25, 0.3) is 5.91 Å². The van der Waals surface area contributed by atoms with Crippen molar-refractivity contribution >= 4 is 23.6 Å². The molecule has 0 radical (unpaired) electrons. The van der Waals surface area contributed by atoms with E-state index in [4.69, 9.17) is 5.11 Å². The fraction of sp³-hybridized carbons (Fsp3) is 0.375. The highest BCUT2D eigenvalue weighted by atomic mass is 32.2. The molecule has 0 aromatic heterocycles. The standard InChI is InChI=1S/C16H21NO3S/c1-4-5-9-13(16(19)20)17-15(18)12-8-6-7-10-14(12)21-11(2)3/h4,6-8,10-11,13H,1,5,9H2,2-3H3,(H,17,18)(H,19,20). The van der Waals surface area contributed by atoms with Crippen LogP contribution in [0.5, 0.6) is 0 Å². The number of carbonyl (C=O) groups is 2. The van der Waals surface area contributed by atoms with Crippen LogP contribution in [0.3, 0.4) is 0 Å². The number of carboxylic acids is 1. The molecule has 1 atom stereocenters. The van der Waals surface area contributed by atoms with Crippen molar-refractivity contribution in [1.82, 2.24) is 5.32 Å². The van der Waals surface area contributed by atoms with Crippen molar-refractivity contribution < 1.29 is 14.7 Å². The van der Waals surface area contributed by atoms with Crippen LogP contribution in [0, 0.1) is 0 Å². The monoisotopic (exact) mass is 307 g/mol. The molecule has 1 aromatic carbocycles. The van der Waals surface area contributed by atoms with Gasteiger partial charge in [-0.15, -0.1) is 18.3 Å². The summed E-state index contributed by atoms with van der Waals surface area (Å²) in [6.07, 6.45) is 2.52. The lowest BCUT2D eigenvalue weighted by Crippen LogP contribution is -2.40. The molecule has 0 fully saturated rings. The third kappa shape index (κ3) is 5.63. The van der Waals surface area contributed by atoms with Crippen LogP contribution in [-0.4, -0.2) is 28.3 Å². The molecule has 0 heterocycles. The number of amides is 1. The molecule has 21 heavy (non-hydrogen) atoms. The second-order valence-electron chi connectivity index (χ2n) is 4.89. The Morgan fingerprint density at radius 1 is 1.38 bits per heavy atom. The van der Waals surface area contributed by atoms with Gasteiger partial charge >= 0.3 is 5.97 Å². The zero-order valence-corrected chi connectivity index (χ0v) is 13.2. The molecule has 0 aliphatic rings. The van der Waals surface area contributed by atoms with Gasteiger partial charge in [0.05, 0.1) is 5.56 Å². The number of allylic oxidation sites excluding steroid dienone is 1. The van der Waals surface area contributed by atoms with Gasteiger partial charge in [0.15, 0.2) is 0 Å². The largest absolute Gasteiger partial charge is 0.480 e. The summed E-state index contributed by atoms with van der Waals surface area (Å²) in [5.41, 5.74) is 0.515. The van der Waals surface area contributed by atoms with Gasteiger partial charge in [-0.05, 0) is 25.0 Å². The number of benzene rings is 1. The first-order chi connectivity index (χ1) is 9.95. The summed E-state index contributed by atoms with van der Waals surface area (Å²) >= 11 is 1.58. The molecule has 1 rings (SSSR count). The van der Waals surface area contributed by atoms with Crippen LogP contribution < -0.4 is 5.32 Å². The van der Waals surface area contributed by atoms with E-state index in [1.807, 2.05) is 26.0 Å². The predicted molar refractivity (Wildman–Crippen MR) is 85.8 cm³/mol. The topological polar surface area (TPSA) is 66.4 Å². The summed E-state index contributed by atoms with van der Waals surface area (Å²) < 4.78 is 0. The SMILES string of the molecule is C=CCCC(NC(=O)c1ccccc1SC(C)C)C(=O)O. The average molecular weight is 307 g/mol. The van der Waals surface area contributed by atoms with E-state index in [1.54, 1.807) is 30.0 Å². The number of rotatable bonds is 8. The summed E-state index contributed by atoms with van der Waals surface area (Å²) in [7, 11) is 0. The van der Waals surface area contributed by atoms with E-state index in [0.29, 0.717) is 23.7 Å². The number of hydrogen-bond donors (Lipinski definition) is 2. The Bertz CT molecular complexity index is 514. The van der Waals surface area contributed by atoms with E-state index in [2.05, 4.69) is 11.9 Å². The lowest BCUT2D eigenvalue weighted by atomic mass is 10.1. The normalized spacial score (nSPS) is 12.0. The minimum absolute atomic E-state index is 0.337. The van der Waals surface area contributed by atoms with Crippen LogP contribution in [0.4, 0.5) is 0 Å². The number of carbonyl (C=O) groups excluding carboxylic acids is 1. The summed E-state index contributed by atoms with van der Waals surface area (Å²) in [6, 6.07) is 6.34. The minimum atomic E-state index is -1.03. The molecule has 1 unspecified atom stereocenters. The number of aliphatic carboxylic acids is 1. The molecule has 1 amide bonds. The first-order valence-corrected chi connectivity index (χ1v) is 7.74. The second-order valence-corrected chi connectivity index (χ2v) is 6.51. The van der Waals surface area contributed by atoms with Gasteiger partial charge in [-0.2, -0.15) is 0 Å². The van der Waals surface area contributed by atoms with Crippen LogP contribution in [-0.2, 0) is 4.79 Å². The van der Waals surface area contributed by atoms with Crippen molar-refractivity contribution in [3.63, 3.8) is 0 Å². The van der Waals surface area contributed by atoms with Crippen LogP contribution in [0.15, 0.2) is 41.8 Å². The van der Waals surface area contributed by atoms with Gasteiger partial charge in [0.2, 0.25) is 0 Å². The average Bonchev–Trinajstić information content (AvgIpc) is 2.42. The highest BCUT2D eigenvalue weighted by Crippen LogP contribution is 2.26. The molecule has 5 heteroatoms. The maximum Gasteiger partial charge on any atom is 0.326 e. The summed E-state index contributed by atoms with van der Waals surface area (Å²) in [6.45, 7) is 7.66. The van der Waals surface area contributed by atoms with Crippen molar-refractivity contribution in [3.05, 3.63) is 42.5 Å². The molecule has 114 valence electrons. The summed E-state index contributed by atoms with van der Waals surface area (Å²) in [5, 5.41) is 12.1. The van der Waals surface area contributed by atoms with Crippen molar-refractivity contribution in [1.29, 1.82) is 0 Å². The van der Waals surface area contributed by atoms with Gasteiger partial charge < -0.3 is 10.4 Å². The second kappa shape index (κ2) is 8.52. The Kier molecular flexibility index (Phi) is 7.02. The lowest BCUT2D eigenvalue weighted by molar-refractivity contribution is -0.139. The Balaban J connectivity index is 2.87. The molecule has 0 saturated carbocycles. The highest BCUT2D eigenvalue weighted by molar-refractivity contribution is 8.00. The number of thioether (sulfide) groups is 1. The molecule has 0 aliphatic heterocycles. The van der Waals surface area contributed by atoms with Gasteiger partial charge in [-0.3, -0.25) is 4.79 Å². The Morgan fingerprint density at radius 2 is 2.05 bits per heavy atom. The fourth-order valence-corrected chi connectivity index (χ4v) is 2.74. The molecule has 0 spiro atoms. The number of carboxylic acid groups (broad SMARTS) is 1. The van der Waals surface area contributed by atoms with E-state index in [1.165, 1.54) is 0 Å². The zero-order valence-electron chi connectivity index (χ0n) is 12.3. The maximum atomic E-state index is 12.3. The van der Waals surface area contributed by atoms with Crippen LogP contribution in [0.2, 0.25) is 0 Å². The predicted octanol–water partition coefficient (Wildman–Crippen LogP) is 3.34. The van der Waals surface area contributed by atoms with Crippen molar-refractivity contribution in [2.75, 3.05) is 0 Å². The van der Waals surface area contributed by atoms with E-state index in [9.17, 15) is 9.59 Å². The van der Waals surface area contributed by atoms with Gasteiger partial charge in [-0.25, -0.2) is 4.79 Å². The summed E-state index contributed by atoms with van der Waals surface area (Å²) in [4.78, 5) is 24.4. The van der Waals surface area contributed by atoms with Crippen molar-refractivity contribution in [2.24, 2.45) is 0 Å². The van der Waals surface area contributed by atoms with E-state index >= 15 is 0 Å². The van der Waals surface area contributed by atoms with Crippen LogP contribution in [0.1, 0.15) is 37.0 Å². The Labute approximate surface area is 129 Å². The molecular weight excluding hydrogens is 286 g/mol. The van der Waals surface area contributed by atoms with E-state index < -0.39 is 12.0 Å². The molecule has 0 aliphatic carbocycles. The van der Waals surface area contributed by atoms with Crippen LogP contribution >= 0.6 is 11.8 Å². The molecular formula is C16H21NO3S. The van der Waals surface area contributed by atoms with Gasteiger partial charge in [0.1, 0.15) is 6.04 Å². The minimum Gasteiger partial charge on any atom is -0.480 e. The van der Waals surface area contributed by atoms with Gasteiger partial charge in [0, 0.05) is 10.1 Å². The maximum absolute atomic E-state index is 12.3. The Hall–Kier alpha value is -1.75. The Morgan fingerprint density at radius 3 is 2.62 bits per heavy atom. The molecule has 1 aromatic rings. The smallest absolute Gasteiger partial charge is 0.326 e. The molecule has 0 bridgehead atoms. The van der Waals surface area contributed by atoms with Crippen molar-refractivity contribution in [3.8, 4) is 0 Å². The number of nitrogens with one attached hydrogen (secondary N) is 1. The highest BCUT2D eigenvalue weighted by Gasteiger charge is 2.21. The first kappa shape index (κ1) is 17.3. The lowest BCUT2D eigenvalue weighted by Gasteiger charge is -2.16. The van der Waals surface area contributed by atoms with Crippen LogP contribution in [0.25, 0.3) is 0 Å². The zero-order chi connectivity index (χ0) is 15.8. The van der Waals surface area contributed by atoms with E-state index in [0.717, 1.165) is 4.90 Å².